The average molecular weight is 318 g/mol. The number of hydrogen-bond donors (Lipinski definition) is 0. The maximum absolute atomic E-state index is 13.0. The van der Waals surface area contributed by atoms with Crippen LogP contribution in [0.4, 0.5) is 0 Å². The zero-order chi connectivity index (χ0) is 16.3. The molecule has 0 aromatic heterocycles. The van der Waals surface area contributed by atoms with Crippen LogP contribution in [-0.4, -0.2) is 34.7 Å². The molecule has 2 fully saturated rings. The third-order valence-corrected chi connectivity index (χ3v) is 5.48. The summed E-state index contributed by atoms with van der Waals surface area (Å²) in [7, 11) is 0. The lowest BCUT2D eigenvalue weighted by Crippen LogP contribution is -2.52. The molecule has 2 aliphatic heterocycles. The third-order valence-electron chi connectivity index (χ3n) is 5.48. The molecule has 2 heterocycles. The summed E-state index contributed by atoms with van der Waals surface area (Å²) in [6.45, 7) is 1.19. The van der Waals surface area contributed by atoms with Crippen molar-refractivity contribution in [3.05, 3.63) is 71.3 Å². The fraction of sp³-hybridized carbons (Fsp3) is 0.300. The first kappa shape index (κ1) is 13.8. The summed E-state index contributed by atoms with van der Waals surface area (Å²) in [5.74, 6) is 0.347. The Morgan fingerprint density at radius 3 is 2.42 bits per heavy atom. The van der Waals surface area contributed by atoms with Gasteiger partial charge in [0.25, 0.3) is 5.91 Å². The monoisotopic (exact) mass is 318 g/mol. The van der Waals surface area contributed by atoms with Crippen LogP contribution in [0.15, 0.2) is 54.6 Å². The number of fused-ring (bicyclic) bond motifs is 3. The van der Waals surface area contributed by atoms with E-state index in [4.69, 9.17) is 0 Å². The molecule has 1 aliphatic carbocycles. The number of nitrogens with zero attached hydrogens (tertiary/aromatic N) is 2. The van der Waals surface area contributed by atoms with Crippen LogP contribution in [0.2, 0.25) is 0 Å². The molecular formula is C20H18N2O2. The first-order valence-corrected chi connectivity index (χ1v) is 8.53. The molecule has 0 spiro atoms. The van der Waals surface area contributed by atoms with Crippen LogP contribution >= 0.6 is 0 Å². The summed E-state index contributed by atoms with van der Waals surface area (Å²) in [5, 5.41) is 0. The highest BCUT2D eigenvalue weighted by Crippen LogP contribution is 2.51. The van der Waals surface area contributed by atoms with E-state index in [-0.39, 0.29) is 17.7 Å². The van der Waals surface area contributed by atoms with Crippen LogP contribution in [0.5, 0.6) is 0 Å². The number of rotatable bonds is 2. The molecule has 0 N–H and O–H groups in total. The topological polar surface area (TPSA) is 40.6 Å². The molecule has 0 bridgehead atoms. The molecule has 24 heavy (non-hydrogen) atoms. The van der Waals surface area contributed by atoms with Gasteiger partial charge in [0.2, 0.25) is 5.91 Å². The van der Waals surface area contributed by atoms with Crippen molar-refractivity contribution in [3.63, 3.8) is 0 Å². The van der Waals surface area contributed by atoms with Crippen molar-refractivity contribution in [2.75, 3.05) is 13.1 Å². The van der Waals surface area contributed by atoms with Crippen molar-refractivity contribution in [2.45, 2.75) is 18.5 Å². The lowest BCUT2D eigenvalue weighted by Gasteiger charge is -2.40. The summed E-state index contributed by atoms with van der Waals surface area (Å²) in [6, 6.07) is 17.7. The Hall–Kier alpha value is -2.62. The molecule has 3 aliphatic rings. The Bertz CT molecular complexity index is 844. The predicted octanol–water partition coefficient (Wildman–Crippen LogP) is 2.60. The van der Waals surface area contributed by atoms with E-state index in [9.17, 15) is 9.59 Å². The normalized spacial score (nSPS) is 24.9. The lowest BCUT2D eigenvalue weighted by atomic mass is 9.89. The molecule has 2 aromatic rings. The van der Waals surface area contributed by atoms with Crippen molar-refractivity contribution < 1.29 is 9.59 Å². The van der Waals surface area contributed by atoms with E-state index < -0.39 is 5.66 Å². The summed E-state index contributed by atoms with van der Waals surface area (Å²) in [6.07, 6.45) is 1.94. The highest BCUT2D eigenvalue weighted by atomic mass is 16.2. The van der Waals surface area contributed by atoms with Crippen LogP contribution in [0.25, 0.3) is 0 Å². The second kappa shape index (κ2) is 4.69. The summed E-state index contributed by atoms with van der Waals surface area (Å²) >= 11 is 0. The first-order chi connectivity index (χ1) is 11.7. The molecule has 1 saturated carbocycles. The Balaban J connectivity index is 1.79. The number of carbonyl (C=O) groups excluding carboxylic acids is 2. The fourth-order valence-corrected chi connectivity index (χ4v) is 4.29. The molecule has 4 nitrogen and oxygen atoms in total. The van der Waals surface area contributed by atoms with E-state index in [2.05, 4.69) is 0 Å². The molecule has 1 unspecified atom stereocenters. The SMILES string of the molecule is O=C1c2ccccc2C2(c3ccccc3)N1CCN2C(=O)C1CC1. The van der Waals surface area contributed by atoms with Gasteiger partial charge in [0.05, 0.1) is 0 Å². The smallest absolute Gasteiger partial charge is 0.256 e. The van der Waals surface area contributed by atoms with E-state index in [1.165, 1.54) is 0 Å². The highest BCUT2D eigenvalue weighted by Gasteiger charge is 2.60. The predicted molar refractivity (Wildman–Crippen MR) is 89.1 cm³/mol. The molecule has 1 atom stereocenters. The van der Waals surface area contributed by atoms with Crippen molar-refractivity contribution in [1.82, 2.24) is 9.80 Å². The number of benzene rings is 2. The fourth-order valence-electron chi connectivity index (χ4n) is 4.29. The van der Waals surface area contributed by atoms with E-state index in [1.54, 1.807) is 0 Å². The average Bonchev–Trinajstić information content (AvgIpc) is 3.36. The van der Waals surface area contributed by atoms with Gasteiger partial charge in [0, 0.05) is 35.7 Å². The van der Waals surface area contributed by atoms with Crippen molar-refractivity contribution in [2.24, 2.45) is 5.92 Å². The molecule has 4 heteroatoms. The zero-order valence-electron chi connectivity index (χ0n) is 13.3. The van der Waals surface area contributed by atoms with E-state index in [0.29, 0.717) is 13.1 Å². The minimum absolute atomic E-state index is 0.0283. The molecular weight excluding hydrogens is 300 g/mol. The van der Waals surface area contributed by atoms with Crippen molar-refractivity contribution >= 4 is 11.8 Å². The van der Waals surface area contributed by atoms with Gasteiger partial charge in [-0.2, -0.15) is 0 Å². The summed E-state index contributed by atoms with van der Waals surface area (Å²) < 4.78 is 0. The first-order valence-electron chi connectivity index (χ1n) is 8.53. The summed E-state index contributed by atoms with van der Waals surface area (Å²) in [4.78, 5) is 29.9. The Labute approximate surface area is 140 Å². The second-order valence-electron chi connectivity index (χ2n) is 6.80. The van der Waals surface area contributed by atoms with Gasteiger partial charge in [-0.05, 0) is 18.9 Å². The molecule has 1 saturated heterocycles. The van der Waals surface area contributed by atoms with E-state index in [0.717, 1.165) is 29.5 Å². The second-order valence-corrected chi connectivity index (χ2v) is 6.80. The number of hydrogen-bond acceptors (Lipinski definition) is 2. The van der Waals surface area contributed by atoms with Gasteiger partial charge in [-0.15, -0.1) is 0 Å². The molecule has 2 amide bonds. The van der Waals surface area contributed by atoms with Crippen molar-refractivity contribution in [1.29, 1.82) is 0 Å². The quantitative estimate of drug-likeness (QED) is 0.854. The van der Waals surface area contributed by atoms with Crippen LogP contribution in [-0.2, 0) is 10.5 Å². The van der Waals surface area contributed by atoms with Crippen molar-refractivity contribution in [3.8, 4) is 0 Å². The maximum atomic E-state index is 13.0. The Morgan fingerprint density at radius 1 is 0.958 bits per heavy atom. The minimum atomic E-state index is -0.769. The van der Waals surface area contributed by atoms with Crippen LogP contribution in [0.1, 0.15) is 34.3 Å². The van der Waals surface area contributed by atoms with Crippen LogP contribution in [0, 0.1) is 5.92 Å². The van der Waals surface area contributed by atoms with Gasteiger partial charge < -0.3 is 9.80 Å². The van der Waals surface area contributed by atoms with Gasteiger partial charge >= 0.3 is 0 Å². The van der Waals surface area contributed by atoms with Gasteiger partial charge in [0.15, 0.2) is 5.66 Å². The summed E-state index contributed by atoms with van der Waals surface area (Å²) in [5.41, 5.74) is 1.88. The van der Waals surface area contributed by atoms with E-state index in [1.807, 2.05) is 64.4 Å². The maximum Gasteiger partial charge on any atom is 0.256 e. The molecule has 120 valence electrons. The molecule has 0 radical (unpaired) electrons. The van der Waals surface area contributed by atoms with Gasteiger partial charge in [-0.25, -0.2) is 0 Å². The standard InChI is InChI=1S/C20H18N2O2/c23-18(14-10-11-14)21-12-13-22-19(24)16-8-4-5-9-17(16)20(21,22)15-6-2-1-3-7-15/h1-9,14H,10-13H2. The van der Waals surface area contributed by atoms with Crippen LogP contribution < -0.4 is 0 Å². The number of amides is 2. The highest BCUT2D eigenvalue weighted by molar-refractivity contribution is 6.02. The third kappa shape index (κ3) is 1.58. The number of carbonyl (C=O) groups is 2. The van der Waals surface area contributed by atoms with E-state index >= 15 is 0 Å². The Morgan fingerprint density at radius 2 is 1.67 bits per heavy atom. The van der Waals surface area contributed by atoms with Gasteiger partial charge in [-0.1, -0.05) is 48.5 Å². The van der Waals surface area contributed by atoms with Crippen LogP contribution in [0.3, 0.4) is 0 Å². The molecule has 5 rings (SSSR count). The largest absolute Gasteiger partial charge is 0.309 e. The lowest BCUT2D eigenvalue weighted by molar-refractivity contribution is -0.137. The van der Waals surface area contributed by atoms with Gasteiger partial charge in [-0.3, -0.25) is 9.59 Å². The minimum Gasteiger partial charge on any atom is -0.309 e. The molecule has 2 aromatic carbocycles. The Kier molecular flexibility index (Phi) is 2.70. The van der Waals surface area contributed by atoms with Gasteiger partial charge in [0.1, 0.15) is 0 Å². The zero-order valence-corrected chi connectivity index (χ0v) is 13.3.